The molecule has 51 heavy (non-hydrogen) atoms. The van der Waals surface area contributed by atoms with Crippen LogP contribution >= 0.6 is 0 Å². The summed E-state index contributed by atoms with van der Waals surface area (Å²) in [5.74, 6) is -4.02. The third-order valence-electron chi connectivity index (χ3n) is 12.8. The Bertz CT molecular complexity index is 1230. The molecule has 3 fully saturated rings. The third kappa shape index (κ3) is 10.8. The van der Waals surface area contributed by atoms with Gasteiger partial charge in [0.1, 0.15) is 24.1 Å². The first-order valence-electron chi connectivity index (χ1n) is 19.0. The highest BCUT2D eigenvalue weighted by molar-refractivity contribution is 5.84. The van der Waals surface area contributed by atoms with Crippen molar-refractivity contribution in [2.75, 3.05) is 21.1 Å². The predicted octanol–water partition coefficient (Wildman–Crippen LogP) is 6.49. The second kappa shape index (κ2) is 15.3. The number of carbonyl (C=O) groups is 4. The molecule has 0 amide bonds. The van der Waals surface area contributed by atoms with Gasteiger partial charge >= 0.3 is 17.9 Å². The average molecular weight is 722 g/mol. The number of piperidine rings is 3. The maximum Gasteiger partial charge on any atom is 0.343 e. The van der Waals surface area contributed by atoms with Crippen molar-refractivity contribution in [2.45, 2.75) is 199 Å². The van der Waals surface area contributed by atoms with E-state index < -0.39 is 29.7 Å². The van der Waals surface area contributed by atoms with Gasteiger partial charge in [0.25, 0.3) is 0 Å². The first-order chi connectivity index (χ1) is 23.0. The van der Waals surface area contributed by atoms with E-state index in [2.05, 4.69) is 119 Å². The molecule has 3 heterocycles. The topological polar surface area (TPSA) is 115 Å². The van der Waals surface area contributed by atoms with E-state index in [0.29, 0.717) is 38.5 Å². The van der Waals surface area contributed by atoms with Crippen LogP contribution in [0.15, 0.2) is 0 Å². The molecule has 0 bridgehead atoms. The number of carbonyl (C=O) groups excluding carboxylic acids is 4. The molecular weight excluding hydrogens is 650 g/mol. The highest BCUT2D eigenvalue weighted by Crippen LogP contribution is 2.41. The molecule has 0 N–H and O–H groups in total. The molecular formula is C40H71N3O8. The summed E-state index contributed by atoms with van der Waals surface area (Å²) in [4.78, 5) is 71.9. The Hall–Kier alpha value is -2.08. The molecule has 11 heteroatoms. The molecule has 3 rings (SSSR count). The van der Waals surface area contributed by atoms with Crippen LogP contribution in [0.2, 0.25) is 0 Å². The quantitative estimate of drug-likeness (QED) is 0.125. The van der Waals surface area contributed by atoms with Gasteiger partial charge in [-0.3, -0.25) is 29.2 Å². The van der Waals surface area contributed by atoms with Crippen LogP contribution in [0.1, 0.15) is 148 Å². The van der Waals surface area contributed by atoms with Gasteiger partial charge in [-0.05, 0) is 130 Å². The van der Waals surface area contributed by atoms with Crippen molar-refractivity contribution in [1.29, 1.82) is 0 Å². The second-order valence-electron chi connectivity index (χ2n) is 19.8. The molecule has 3 aliphatic rings. The zero-order chi connectivity index (χ0) is 39.1. The van der Waals surface area contributed by atoms with Crippen LogP contribution in [0.4, 0.5) is 0 Å². The molecule has 0 spiro atoms. The van der Waals surface area contributed by atoms with E-state index in [1.54, 1.807) is 0 Å². The summed E-state index contributed by atoms with van der Waals surface area (Å²) in [6.07, 6.45) is 2.18. The fraction of sp³-hybridized carbons (Fsp3) is 0.900. The van der Waals surface area contributed by atoms with Gasteiger partial charge in [0, 0.05) is 65.3 Å². The summed E-state index contributed by atoms with van der Waals surface area (Å²) in [7, 11) is 6.24. The number of hydrogen-bond acceptors (Lipinski definition) is 11. The number of likely N-dealkylation sites (tertiary alicyclic amines) is 3. The Morgan fingerprint density at radius 2 is 0.824 bits per heavy atom. The molecule has 11 nitrogen and oxygen atoms in total. The predicted molar refractivity (Wildman–Crippen MR) is 198 cm³/mol. The van der Waals surface area contributed by atoms with Gasteiger partial charge in [-0.2, -0.15) is 4.89 Å². The largest absolute Gasteiger partial charge is 0.462 e. The number of ether oxygens (including phenoxy) is 2. The molecule has 0 radical (unpaired) electrons. The van der Waals surface area contributed by atoms with Crippen molar-refractivity contribution >= 4 is 23.7 Å². The summed E-state index contributed by atoms with van der Waals surface area (Å²) in [6.45, 7) is 26.9. The smallest absolute Gasteiger partial charge is 0.343 e. The van der Waals surface area contributed by atoms with E-state index in [1.165, 1.54) is 6.92 Å². The maximum absolute atomic E-state index is 14.1. The van der Waals surface area contributed by atoms with Crippen molar-refractivity contribution in [2.24, 2.45) is 11.8 Å². The molecule has 3 aliphatic heterocycles. The van der Waals surface area contributed by atoms with Gasteiger partial charge in [0.05, 0.1) is 18.3 Å². The van der Waals surface area contributed by atoms with Gasteiger partial charge in [0.15, 0.2) is 0 Å². The molecule has 0 saturated carbocycles. The van der Waals surface area contributed by atoms with E-state index in [0.717, 1.165) is 0 Å². The summed E-state index contributed by atoms with van der Waals surface area (Å²) < 4.78 is 12.3. The van der Waals surface area contributed by atoms with Crippen molar-refractivity contribution in [1.82, 2.24) is 14.7 Å². The number of hydrogen-bond donors (Lipinski definition) is 0. The number of ketones is 1. The minimum Gasteiger partial charge on any atom is -0.462 e. The van der Waals surface area contributed by atoms with Crippen molar-refractivity contribution in [3.63, 3.8) is 0 Å². The zero-order valence-corrected chi connectivity index (χ0v) is 34.9. The maximum atomic E-state index is 14.1. The van der Waals surface area contributed by atoms with Crippen LogP contribution in [0, 0.1) is 11.8 Å². The van der Waals surface area contributed by atoms with Gasteiger partial charge in [-0.15, -0.1) is 0 Å². The highest BCUT2D eigenvalue weighted by atomic mass is 17.2. The van der Waals surface area contributed by atoms with Crippen LogP contribution < -0.4 is 0 Å². The van der Waals surface area contributed by atoms with Crippen LogP contribution in [0.5, 0.6) is 0 Å². The first kappa shape index (κ1) is 43.3. The monoisotopic (exact) mass is 722 g/mol. The summed E-state index contributed by atoms with van der Waals surface area (Å²) in [5.41, 5.74) is -1.26. The summed E-state index contributed by atoms with van der Waals surface area (Å²) in [5, 5.41) is 0. The van der Waals surface area contributed by atoms with Crippen molar-refractivity contribution in [3.05, 3.63) is 0 Å². The molecule has 2 unspecified atom stereocenters. The Balaban J connectivity index is 1.83. The Labute approximate surface area is 308 Å². The molecule has 0 aromatic rings. The second-order valence-corrected chi connectivity index (χ2v) is 19.8. The highest BCUT2D eigenvalue weighted by Gasteiger charge is 2.48. The van der Waals surface area contributed by atoms with Crippen LogP contribution in [-0.4, -0.2) is 111 Å². The molecule has 0 aliphatic carbocycles. The van der Waals surface area contributed by atoms with Crippen LogP contribution in [0.3, 0.4) is 0 Å². The fourth-order valence-electron chi connectivity index (χ4n) is 9.17. The lowest BCUT2D eigenvalue weighted by Gasteiger charge is -2.53. The van der Waals surface area contributed by atoms with Crippen molar-refractivity contribution in [3.8, 4) is 0 Å². The minimum absolute atomic E-state index is 0.0839. The van der Waals surface area contributed by atoms with Gasteiger partial charge < -0.3 is 14.3 Å². The fourth-order valence-corrected chi connectivity index (χ4v) is 9.17. The number of rotatable bonds is 12. The first-order valence-corrected chi connectivity index (χ1v) is 19.0. The minimum atomic E-state index is -1.04. The molecule has 3 saturated heterocycles. The van der Waals surface area contributed by atoms with E-state index in [1.807, 2.05) is 0 Å². The van der Waals surface area contributed by atoms with E-state index in [-0.39, 0.29) is 76.6 Å². The molecule has 294 valence electrons. The lowest BCUT2D eigenvalue weighted by molar-refractivity contribution is -0.314. The van der Waals surface area contributed by atoms with E-state index >= 15 is 0 Å². The van der Waals surface area contributed by atoms with Gasteiger partial charge in [0.2, 0.25) is 0 Å². The summed E-state index contributed by atoms with van der Waals surface area (Å²) >= 11 is 0. The van der Waals surface area contributed by atoms with Crippen LogP contribution in [0.25, 0.3) is 0 Å². The third-order valence-corrected chi connectivity index (χ3v) is 12.8. The Morgan fingerprint density at radius 3 is 1.14 bits per heavy atom. The standard InChI is InChI=1S/C40H71N3O8/c1-26(44)17-27(33(46)48-29-20-35(2,3)41(14)36(4,5)21-29)18-28(34(47)49-30-22-37(6,7)42(15)38(8,9)23-30)19-32(45)51-50-31-24-39(10,11)43(16)40(12,13)25-31/h27-31H,17-25H2,1-16H3. The van der Waals surface area contributed by atoms with Crippen molar-refractivity contribution < 1.29 is 38.4 Å². The molecule has 0 aromatic heterocycles. The van der Waals surface area contributed by atoms with Crippen LogP contribution in [-0.2, 0) is 38.4 Å². The number of nitrogens with zero attached hydrogens (tertiary/aromatic N) is 3. The Kier molecular flexibility index (Phi) is 13.0. The number of Topliss-reactive ketones (excluding diaryl/α,β-unsaturated/α-hetero) is 1. The lowest BCUT2D eigenvalue weighted by Crippen LogP contribution is -2.60. The number of esters is 2. The average Bonchev–Trinajstić information content (AvgIpc) is 2.94. The Morgan fingerprint density at radius 1 is 0.529 bits per heavy atom. The normalized spacial score (nSPS) is 26.5. The summed E-state index contributed by atoms with van der Waals surface area (Å²) in [6, 6.07) is 0. The SMILES string of the molecule is CC(=O)CC(CC(CC(=O)OOC1CC(C)(C)N(C)C(C)(C)C1)C(=O)OC1CC(C)(C)N(C)C(C)(C)C1)C(=O)OC1CC(C)(C)N(C)C(C)(C)C1. The lowest BCUT2D eigenvalue weighted by atomic mass is 9.78. The molecule has 2 atom stereocenters. The zero-order valence-electron chi connectivity index (χ0n) is 34.9. The van der Waals surface area contributed by atoms with Gasteiger partial charge in [-0.1, -0.05) is 0 Å². The molecule has 0 aromatic carbocycles. The van der Waals surface area contributed by atoms with Gasteiger partial charge in [-0.25, -0.2) is 4.79 Å². The van der Waals surface area contributed by atoms with E-state index in [4.69, 9.17) is 19.2 Å². The van der Waals surface area contributed by atoms with E-state index in [9.17, 15) is 19.2 Å².